The zero-order valence-corrected chi connectivity index (χ0v) is 5.16. The Hall–Kier alpha value is -1.18. The minimum absolute atomic E-state index is 0.231. The van der Waals surface area contributed by atoms with Gasteiger partial charge in [-0.15, -0.1) is 0 Å². The maximum absolute atomic E-state index is 8.86. The molecule has 0 saturated carbocycles. The first-order valence-electron chi connectivity index (χ1n) is 2.66. The van der Waals surface area contributed by atoms with Gasteiger partial charge in [-0.3, -0.25) is 0 Å². The topological polar surface area (TPSA) is 31.5 Å². The number of hydrogen-bond donors (Lipinski definition) is 0. The highest BCUT2D eigenvalue weighted by Crippen LogP contribution is 2.05. The highest BCUT2D eigenvalue weighted by Gasteiger charge is 2.02. The highest BCUT2D eigenvalue weighted by atomic mass is 16.5. The lowest BCUT2D eigenvalue weighted by atomic mass is 10.1. The molecule has 0 aromatic carbocycles. The van der Waals surface area contributed by atoms with Crippen LogP contribution < -0.4 is 0 Å². The Morgan fingerprint density at radius 1 is 1.67 bits per heavy atom. The summed E-state index contributed by atoms with van der Waals surface area (Å²) in [5.74, 6) is 0.676. The van der Waals surface area contributed by atoms with Crippen molar-refractivity contribution in [3.8, 4) is 0 Å². The second-order valence-electron chi connectivity index (χ2n) is 1.70. The molecule has 0 aromatic rings. The van der Waals surface area contributed by atoms with Gasteiger partial charge in [0.15, 0.2) is 0 Å². The number of nitrogens with zero attached hydrogens (tertiary/aromatic N) is 1. The SMILES string of the molecule is COC1=CC(=[N-])[CH+]C=C1. The van der Waals surface area contributed by atoms with E-state index in [0.29, 0.717) is 5.76 Å². The predicted octanol–water partition coefficient (Wildman–Crippen LogP) is 1.30. The van der Waals surface area contributed by atoms with E-state index < -0.39 is 0 Å². The van der Waals surface area contributed by atoms with Crippen LogP contribution in [0.1, 0.15) is 0 Å². The average Bonchev–Trinajstić information content (AvgIpc) is 1.88. The molecule has 2 nitrogen and oxygen atoms in total. The first-order chi connectivity index (χ1) is 4.33. The second-order valence-corrected chi connectivity index (χ2v) is 1.70. The first-order valence-corrected chi connectivity index (χ1v) is 2.66. The molecule has 9 heavy (non-hydrogen) atoms. The monoisotopic (exact) mass is 121 g/mol. The van der Waals surface area contributed by atoms with E-state index in [0.717, 1.165) is 0 Å². The van der Waals surface area contributed by atoms with Crippen LogP contribution in [-0.4, -0.2) is 12.8 Å². The third-order valence-corrected chi connectivity index (χ3v) is 1.05. The van der Waals surface area contributed by atoms with Crippen LogP contribution in [-0.2, 0) is 4.74 Å². The van der Waals surface area contributed by atoms with Gasteiger partial charge >= 0.3 is 0 Å². The molecule has 0 unspecified atom stereocenters. The van der Waals surface area contributed by atoms with Crippen molar-refractivity contribution in [3.63, 3.8) is 0 Å². The van der Waals surface area contributed by atoms with Crippen LogP contribution >= 0.6 is 0 Å². The first kappa shape index (κ1) is 5.95. The summed E-state index contributed by atoms with van der Waals surface area (Å²) in [6.45, 7) is 0. The van der Waals surface area contributed by atoms with Gasteiger partial charge in [0.25, 0.3) is 0 Å². The fourth-order valence-electron chi connectivity index (χ4n) is 0.610. The van der Waals surface area contributed by atoms with Crippen molar-refractivity contribution in [1.29, 1.82) is 0 Å². The fraction of sp³-hybridized carbons (Fsp3) is 0.143. The third-order valence-electron chi connectivity index (χ3n) is 1.05. The lowest BCUT2D eigenvalue weighted by molar-refractivity contribution is 0.307. The number of allylic oxidation sites excluding steroid dienone is 3. The van der Waals surface area contributed by atoms with Crippen molar-refractivity contribution in [2.24, 2.45) is 0 Å². The third kappa shape index (κ3) is 1.35. The summed E-state index contributed by atoms with van der Waals surface area (Å²) < 4.78 is 4.84. The Morgan fingerprint density at radius 3 is 2.89 bits per heavy atom. The molecule has 0 N–H and O–H groups in total. The van der Waals surface area contributed by atoms with Crippen LogP contribution in [0.25, 0.3) is 5.41 Å². The van der Waals surface area contributed by atoms with Crippen LogP contribution in [0.3, 0.4) is 0 Å². The maximum Gasteiger partial charge on any atom is 0.230 e. The van der Waals surface area contributed by atoms with Crippen LogP contribution in [0.5, 0.6) is 0 Å². The molecule has 0 saturated heterocycles. The lowest BCUT2D eigenvalue weighted by Gasteiger charge is -2.01. The highest BCUT2D eigenvalue weighted by molar-refractivity contribution is 6.07. The van der Waals surface area contributed by atoms with Gasteiger partial charge in [-0.2, -0.15) is 0 Å². The maximum atomic E-state index is 8.86. The number of ether oxygens (including phenoxy) is 1. The van der Waals surface area contributed by atoms with Crippen molar-refractivity contribution in [3.05, 3.63) is 35.8 Å². The number of hydrogen-bond acceptors (Lipinski definition) is 1. The van der Waals surface area contributed by atoms with Crippen molar-refractivity contribution in [1.82, 2.24) is 0 Å². The Morgan fingerprint density at radius 2 is 2.44 bits per heavy atom. The molecular weight excluding hydrogens is 114 g/mol. The molecule has 2 heteroatoms. The molecule has 46 valence electrons. The molecule has 0 fully saturated rings. The van der Waals surface area contributed by atoms with Gasteiger partial charge < -0.3 is 10.1 Å². The molecule has 0 amide bonds. The summed E-state index contributed by atoms with van der Waals surface area (Å²) in [5.41, 5.74) is 0.231. The minimum atomic E-state index is 0.231. The van der Waals surface area contributed by atoms with E-state index >= 15 is 0 Å². The Kier molecular flexibility index (Phi) is 1.58. The summed E-state index contributed by atoms with van der Waals surface area (Å²) in [6, 6.07) is 0. The standard InChI is InChI=1S/C7H7NO/c1-9-7-4-2-3-6(8)5-7/h2-5H,1H3. The van der Waals surface area contributed by atoms with Gasteiger partial charge in [-0.05, 0) is 5.71 Å². The van der Waals surface area contributed by atoms with Crippen molar-refractivity contribution < 1.29 is 4.74 Å². The van der Waals surface area contributed by atoms with Gasteiger partial charge in [0, 0.05) is 6.42 Å². The summed E-state index contributed by atoms with van der Waals surface area (Å²) in [7, 11) is 1.56. The summed E-state index contributed by atoms with van der Waals surface area (Å²) in [4.78, 5) is 0. The Balaban J connectivity index is 2.70. The van der Waals surface area contributed by atoms with Crippen molar-refractivity contribution in [2.45, 2.75) is 0 Å². The van der Waals surface area contributed by atoms with Crippen molar-refractivity contribution in [2.75, 3.05) is 7.11 Å². The normalized spacial score (nSPS) is 16.6. The molecule has 0 aliphatic heterocycles. The lowest BCUT2D eigenvalue weighted by Crippen LogP contribution is -1.97. The Bertz CT molecular complexity index is 179. The van der Waals surface area contributed by atoms with Crippen LogP contribution in [0.2, 0.25) is 0 Å². The van der Waals surface area contributed by atoms with E-state index in [4.69, 9.17) is 10.1 Å². The Labute approximate surface area is 54.3 Å². The number of rotatable bonds is 1. The average molecular weight is 121 g/mol. The summed E-state index contributed by atoms with van der Waals surface area (Å²) >= 11 is 0. The number of methoxy groups -OCH3 is 1. The zero-order valence-electron chi connectivity index (χ0n) is 5.16. The molecule has 1 aliphatic rings. The van der Waals surface area contributed by atoms with E-state index in [1.54, 1.807) is 31.8 Å². The van der Waals surface area contributed by atoms with Gasteiger partial charge in [0.05, 0.1) is 25.3 Å². The van der Waals surface area contributed by atoms with Crippen molar-refractivity contribution >= 4 is 5.71 Å². The molecule has 0 spiro atoms. The summed E-state index contributed by atoms with van der Waals surface area (Å²) in [5, 5.41) is 8.86. The largest absolute Gasteiger partial charge is 0.779 e. The smallest absolute Gasteiger partial charge is 0.230 e. The second kappa shape index (κ2) is 2.40. The van der Waals surface area contributed by atoms with Gasteiger partial charge in [-0.1, -0.05) is 0 Å². The van der Waals surface area contributed by atoms with Gasteiger partial charge in [0.2, 0.25) is 5.76 Å². The molecule has 0 aromatic heterocycles. The van der Waals surface area contributed by atoms with Crippen LogP contribution in [0, 0.1) is 6.42 Å². The van der Waals surface area contributed by atoms with E-state index in [2.05, 4.69) is 0 Å². The summed E-state index contributed by atoms with van der Waals surface area (Å²) in [6.07, 6.45) is 6.66. The van der Waals surface area contributed by atoms with E-state index in [9.17, 15) is 0 Å². The van der Waals surface area contributed by atoms with Gasteiger partial charge in [-0.25, -0.2) is 0 Å². The van der Waals surface area contributed by atoms with Crippen LogP contribution in [0.4, 0.5) is 0 Å². The molecule has 0 heterocycles. The van der Waals surface area contributed by atoms with E-state index in [-0.39, 0.29) is 5.71 Å². The quantitative estimate of drug-likeness (QED) is 0.481. The molecule has 0 atom stereocenters. The predicted molar refractivity (Wildman–Crippen MR) is 36.9 cm³/mol. The van der Waals surface area contributed by atoms with Crippen LogP contribution in [0.15, 0.2) is 24.0 Å². The molecule has 1 aliphatic carbocycles. The molecule has 0 bridgehead atoms. The fourth-order valence-corrected chi connectivity index (χ4v) is 0.610. The van der Waals surface area contributed by atoms with Gasteiger partial charge in [0.1, 0.15) is 0 Å². The van der Waals surface area contributed by atoms with E-state index in [1.807, 2.05) is 0 Å². The minimum Gasteiger partial charge on any atom is -0.779 e. The molecular formula is C7H7NO. The zero-order chi connectivity index (χ0) is 6.69. The van der Waals surface area contributed by atoms with E-state index in [1.165, 1.54) is 0 Å². The molecule has 0 radical (unpaired) electrons. The molecule has 1 rings (SSSR count).